The van der Waals surface area contributed by atoms with Crippen LogP contribution in [0.25, 0.3) is 9.40 Å². The zero-order chi connectivity index (χ0) is 13.2. The van der Waals surface area contributed by atoms with Gasteiger partial charge in [-0.2, -0.15) is 0 Å². The number of fused-ring (bicyclic) bond motifs is 1. The quantitative estimate of drug-likeness (QED) is 0.786. The van der Waals surface area contributed by atoms with Crippen LogP contribution in [-0.2, 0) is 13.5 Å². The van der Waals surface area contributed by atoms with Gasteiger partial charge in [-0.3, -0.25) is 4.68 Å². The number of aryl methyl sites for hydroxylation is 1. The average molecular weight is 292 g/mol. The van der Waals surface area contributed by atoms with E-state index in [1.807, 2.05) is 24.6 Å². The van der Waals surface area contributed by atoms with Gasteiger partial charge in [0.1, 0.15) is 0 Å². The molecule has 0 spiro atoms. The maximum Gasteiger partial charge on any atom is 0.0846 e. The first kappa shape index (κ1) is 12.8. The molecule has 0 amide bonds. The standard InChI is InChI=1S/C13H16N4S2/c1-3-14-10(6-9-8-17(2)16-15-9)12-7-13-11(19-12)4-5-18-13/h4-5,7-8,10,14H,3,6H2,1-2H3. The SMILES string of the molecule is CCNC(Cc1cn(C)nn1)c1cc2sccc2s1. The van der Waals surface area contributed by atoms with Gasteiger partial charge in [-0.15, -0.1) is 27.8 Å². The van der Waals surface area contributed by atoms with E-state index in [9.17, 15) is 0 Å². The van der Waals surface area contributed by atoms with Gasteiger partial charge in [0.15, 0.2) is 0 Å². The zero-order valence-corrected chi connectivity index (χ0v) is 12.6. The van der Waals surface area contributed by atoms with Gasteiger partial charge in [-0.25, -0.2) is 0 Å². The Hall–Kier alpha value is -1.24. The van der Waals surface area contributed by atoms with Crippen LogP contribution in [0, 0.1) is 0 Å². The number of likely N-dealkylation sites (N-methyl/N-ethyl adjacent to an activating group) is 1. The Morgan fingerprint density at radius 3 is 3.00 bits per heavy atom. The molecule has 100 valence electrons. The van der Waals surface area contributed by atoms with Gasteiger partial charge in [0.05, 0.1) is 5.69 Å². The van der Waals surface area contributed by atoms with Crippen molar-refractivity contribution in [3.63, 3.8) is 0 Å². The van der Waals surface area contributed by atoms with Crippen LogP contribution in [0.3, 0.4) is 0 Å². The second-order valence-corrected chi connectivity index (χ2v) is 6.56. The van der Waals surface area contributed by atoms with Crippen LogP contribution in [0.15, 0.2) is 23.7 Å². The van der Waals surface area contributed by atoms with Gasteiger partial charge >= 0.3 is 0 Å². The van der Waals surface area contributed by atoms with E-state index in [4.69, 9.17) is 0 Å². The summed E-state index contributed by atoms with van der Waals surface area (Å²) in [4.78, 5) is 1.38. The molecule has 0 aromatic carbocycles. The molecule has 3 aromatic rings. The molecule has 0 aliphatic carbocycles. The lowest BCUT2D eigenvalue weighted by molar-refractivity contribution is 0.552. The highest BCUT2D eigenvalue weighted by Crippen LogP contribution is 2.34. The van der Waals surface area contributed by atoms with Crippen LogP contribution >= 0.6 is 22.7 Å². The third-order valence-corrected chi connectivity index (χ3v) is 5.22. The molecular formula is C13H16N4S2. The number of nitrogens with zero attached hydrogens (tertiary/aromatic N) is 3. The lowest BCUT2D eigenvalue weighted by atomic mass is 10.1. The number of nitrogens with one attached hydrogen (secondary N) is 1. The van der Waals surface area contributed by atoms with Crippen LogP contribution in [-0.4, -0.2) is 21.5 Å². The molecular weight excluding hydrogens is 276 g/mol. The Balaban J connectivity index is 1.85. The topological polar surface area (TPSA) is 42.7 Å². The molecule has 0 bridgehead atoms. The average Bonchev–Trinajstić information content (AvgIpc) is 3.03. The fourth-order valence-corrected chi connectivity index (χ4v) is 4.37. The van der Waals surface area contributed by atoms with E-state index < -0.39 is 0 Å². The number of hydrogen-bond donors (Lipinski definition) is 1. The van der Waals surface area contributed by atoms with E-state index in [1.165, 1.54) is 14.3 Å². The largest absolute Gasteiger partial charge is 0.309 e. The molecule has 0 saturated heterocycles. The minimum absolute atomic E-state index is 0.325. The first-order chi connectivity index (χ1) is 9.26. The molecule has 1 atom stereocenters. The van der Waals surface area contributed by atoms with E-state index in [0.717, 1.165) is 18.7 Å². The molecule has 1 N–H and O–H groups in total. The lowest BCUT2D eigenvalue weighted by Gasteiger charge is -2.14. The maximum absolute atomic E-state index is 4.19. The van der Waals surface area contributed by atoms with Crippen molar-refractivity contribution < 1.29 is 0 Å². The van der Waals surface area contributed by atoms with Crippen LogP contribution in [0.5, 0.6) is 0 Å². The molecule has 0 fully saturated rings. The molecule has 3 rings (SSSR count). The summed E-state index contributed by atoms with van der Waals surface area (Å²) in [6.07, 6.45) is 2.87. The predicted octanol–water partition coefficient (Wildman–Crippen LogP) is 2.98. The summed E-state index contributed by atoms with van der Waals surface area (Å²) in [5.41, 5.74) is 1.03. The van der Waals surface area contributed by atoms with Gasteiger partial charge in [-0.1, -0.05) is 12.1 Å². The Morgan fingerprint density at radius 1 is 1.42 bits per heavy atom. The number of thiophene rings is 2. The van der Waals surface area contributed by atoms with Gasteiger partial charge in [0.25, 0.3) is 0 Å². The molecule has 6 heteroatoms. The maximum atomic E-state index is 4.19. The van der Waals surface area contributed by atoms with Crippen molar-refractivity contribution in [1.29, 1.82) is 0 Å². The molecule has 4 nitrogen and oxygen atoms in total. The van der Waals surface area contributed by atoms with Crippen molar-refractivity contribution >= 4 is 32.1 Å². The van der Waals surface area contributed by atoms with Crippen molar-refractivity contribution in [2.45, 2.75) is 19.4 Å². The summed E-state index contributed by atoms with van der Waals surface area (Å²) in [5.74, 6) is 0. The van der Waals surface area contributed by atoms with E-state index in [1.54, 1.807) is 16.0 Å². The molecule has 3 aromatic heterocycles. The van der Waals surface area contributed by atoms with Crippen molar-refractivity contribution in [3.8, 4) is 0 Å². The molecule has 1 unspecified atom stereocenters. The van der Waals surface area contributed by atoms with E-state index >= 15 is 0 Å². The smallest absolute Gasteiger partial charge is 0.0846 e. The van der Waals surface area contributed by atoms with Crippen molar-refractivity contribution in [2.24, 2.45) is 7.05 Å². The van der Waals surface area contributed by atoms with E-state index in [2.05, 4.69) is 40.1 Å². The fraction of sp³-hybridized carbons (Fsp3) is 0.385. The van der Waals surface area contributed by atoms with Gasteiger partial charge < -0.3 is 5.32 Å². The normalized spacial score (nSPS) is 13.2. The van der Waals surface area contributed by atoms with Crippen molar-refractivity contribution in [2.75, 3.05) is 6.54 Å². The number of aromatic nitrogens is 3. The summed E-state index contributed by atoms with van der Waals surface area (Å²) < 4.78 is 4.51. The highest BCUT2D eigenvalue weighted by molar-refractivity contribution is 7.26. The number of rotatable bonds is 5. The summed E-state index contributed by atoms with van der Waals surface area (Å²) in [6.45, 7) is 3.09. The minimum atomic E-state index is 0.325. The number of hydrogen-bond acceptors (Lipinski definition) is 5. The second kappa shape index (κ2) is 5.40. The van der Waals surface area contributed by atoms with E-state index in [-0.39, 0.29) is 0 Å². The molecule has 0 aliphatic rings. The van der Waals surface area contributed by atoms with Crippen LogP contribution in [0.2, 0.25) is 0 Å². The zero-order valence-electron chi connectivity index (χ0n) is 11.0. The van der Waals surface area contributed by atoms with Crippen molar-refractivity contribution in [3.05, 3.63) is 34.3 Å². The molecule has 0 saturated carbocycles. The van der Waals surface area contributed by atoms with Crippen LogP contribution in [0.1, 0.15) is 23.5 Å². The third kappa shape index (κ3) is 2.70. The molecule has 0 radical (unpaired) electrons. The first-order valence-electron chi connectivity index (χ1n) is 6.31. The second-order valence-electron chi connectivity index (χ2n) is 4.50. The Morgan fingerprint density at radius 2 is 2.32 bits per heavy atom. The summed E-state index contributed by atoms with van der Waals surface area (Å²) in [5, 5.41) is 13.9. The van der Waals surface area contributed by atoms with Crippen LogP contribution in [0.4, 0.5) is 0 Å². The molecule has 19 heavy (non-hydrogen) atoms. The summed E-state index contributed by atoms with van der Waals surface area (Å²) >= 11 is 3.68. The van der Waals surface area contributed by atoms with Gasteiger partial charge in [-0.05, 0) is 24.1 Å². The Labute approximate surface area is 120 Å². The van der Waals surface area contributed by atoms with Gasteiger partial charge in [0.2, 0.25) is 0 Å². The third-order valence-electron chi connectivity index (χ3n) is 3.02. The van der Waals surface area contributed by atoms with Crippen LogP contribution < -0.4 is 5.32 Å². The highest BCUT2D eigenvalue weighted by atomic mass is 32.1. The predicted molar refractivity (Wildman–Crippen MR) is 80.8 cm³/mol. The van der Waals surface area contributed by atoms with Crippen molar-refractivity contribution in [1.82, 2.24) is 20.3 Å². The van der Waals surface area contributed by atoms with E-state index in [0.29, 0.717) is 6.04 Å². The molecule has 3 heterocycles. The highest BCUT2D eigenvalue weighted by Gasteiger charge is 2.16. The molecule has 0 aliphatic heterocycles. The Bertz CT molecular complexity index is 638. The minimum Gasteiger partial charge on any atom is -0.309 e. The monoisotopic (exact) mass is 292 g/mol. The summed E-state index contributed by atoms with van der Waals surface area (Å²) in [6, 6.07) is 4.82. The van der Waals surface area contributed by atoms with Gasteiger partial charge in [0, 0.05) is 40.0 Å². The fourth-order valence-electron chi connectivity index (χ4n) is 2.17. The first-order valence-corrected chi connectivity index (χ1v) is 8.01. The lowest BCUT2D eigenvalue weighted by Crippen LogP contribution is -2.22. The summed E-state index contributed by atoms with van der Waals surface area (Å²) in [7, 11) is 1.90. The Kier molecular flexibility index (Phi) is 3.63.